The highest BCUT2D eigenvalue weighted by Crippen LogP contribution is 2.16. The Morgan fingerprint density at radius 1 is 1.22 bits per heavy atom. The maximum atomic E-state index is 13.5. The van der Waals surface area contributed by atoms with Crippen molar-refractivity contribution in [2.75, 3.05) is 6.61 Å². The monoisotopic (exact) mass is 335 g/mol. The fraction of sp³-hybridized carbons (Fsp3) is 0.176. The Bertz CT molecular complexity index is 706. The third kappa shape index (κ3) is 4.79. The molecule has 0 saturated carbocycles. The molecule has 1 N–H and O–H groups in total. The predicted octanol–water partition coefficient (Wildman–Crippen LogP) is 3.51. The lowest BCUT2D eigenvalue weighted by atomic mass is 10.1. The van der Waals surface area contributed by atoms with Crippen LogP contribution < -0.4 is 5.32 Å². The van der Waals surface area contributed by atoms with Gasteiger partial charge in [0.05, 0.1) is 11.6 Å². The summed E-state index contributed by atoms with van der Waals surface area (Å²) in [6.07, 6.45) is 0. The number of nitrogens with one attached hydrogen (secondary N) is 1. The molecule has 2 aromatic carbocycles. The molecular weight excluding hydrogens is 321 g/mol. The van der Waals surface area contributed by atoms with Crippen molar-refractivity contribution >= 4 is 23.5 Å². The van der Waals surface area contributed by atoms with E-state index in [0.717, 1.165) is 17.7 Å². The van der Waals surface area contributed by atoms with Crippen LogP contribution in [0.2, 0.25) is 5.02 Å². The molecule has 23 heavy (non-hydrogen) atoms. The summed E-state index contributed by atoms with van der Waals surface area (Å²) in [5.74, 6) is -2.16. The second-order valence-corrected chi connectivity index (χ2v) is 5.34. The van der Waals surface area contributed by atoms with Crippen LogP contribution in [-0.4, -0.2) is 18.5 Å². The molecular formula is C17H15ClFNO3. The van der Waals surface area contributed by atoms with Gasteiger partial charge >= 0.3 is 5.97 Å². The van der Waals surface area contributed by atoms with Crippen LogP contribution in [0.15, 0.2) is 48.5 Å². The topological polar surface area (TPSA) is 55.4 Å². The molecule has 2 rings (SSSR count). The van der Waals surface area contributed by atoms with Crippen molar-refractivity contribution in [3.05, 3.63) is 70.5 Å². The quantitative estimate of drug-likeness (QED) is 0.851. The number of esters is 1. The Kier molecular flexibility index (Phi) is 5.71. The first-order chi connectivity index (χ1) is 11.0. The van der Waals surface area contributed by atoms with E-state index in [9.17, 15) is 14.0 Å². The Hall–Kier alpha value is -2.40. The first-order valence-electron chi connectivity index (χ1n) is 6.94. The molecule has 0 fully saturated rings. The Morgan fingerprint density at radius 3 is 2.61 bits per heavy atom. The summed E-state index contributed by atoms with van der Waals surface area (Å²) in [4.78, 5) is 23.6. The van der Waals surface area contributed by atoms with Crippen LogP contribution in [-0.2, 0) is 9.53 Å². The summed E-state index contributed by atoms with van der Waals surface area (Å²) >= 11 is 5.71. The first-order valence-corrected chi connectivity index (χ1v) is 7.31. The van der Waals surface area contributed by atoms with Crippen LogP contribution in [0, 0.1) is 5.82 Å². The lowest BCUT2D eigenvalue weighted by Gasteiger charge is -2.14. The second-order valence-electron chi connectivity index (χ2n) is 4.90. The van der Waals surface area contributed by atoms with Gasteiger partial charge in [0.15, 0.2) is 6.61 Å². The van der Waals surface area contributed by atoms with Crippen molar-refractivity contribution in [1.82, 2.24) is 5.32 Å². The van der Waals surface area contributed by atoms with E-state index in [4.69, 9.17) is 16.3 Å². The van der Waals surface area contributed by atoms with Gasteiger partial charge in [0.25, 0.3) is 5.91 Å². The Balaban J connectivity index is 1.89. The van der Waals surface area contributed by atoms with Gasteiger partial charge in [-0.2, -0.15) is 0 Å². The van der Waals surface area contributed by atoms with E-state index in [2.05, 4.69) is 5.32 Å². The fourth-order valence-electron chi connectivity index (χ4n) is 1.97. The molecule has 0 unspecified atom stereocenters. The minimum absolute atomic E-state index is 0.209. The average molecular weight is 336 g/mol. The molecule has 0 spiro atoms. The summed E-state index contributed by atoms with van der Waals surface area (Å²) in [6.45, 7) is 1.31. The third-order valence-corrected chi connectivity index (χ3v) is 3.39. The zero-order valence-electron chi connectivity index (χ0n) is 12.4. The summed E-state index contributed by atoms with van der Waals surface area (Å²) in [5, 5.41) is 2.90. The van der Waals surface area contributed by atoms with Crippen LogP contribution >= 0.6 is 11.6 Å². The maximum absolute atomic E-state index is 13.5. The average Bonchev–Trinajstić information content (AvgIpc) is 2.55. The highest BCUT2D eigenvalue weighted by Gasteiger charge is 2.16. The lowest BCUT2D eigenvalue weighted by Crippen LogP contribution is -2.31. The van der Waals surface area contributed by atoms with E-state index >= 15 is 0 Å². The van der Waals surface area contributed by atoms with Gasteiger partial charge in [-0.05, 0) is 30.7 Å². The van der Waals surface area contributed by atoms with Crippen LogP contribution in [0.25, 0.3) is 0 Å². The van der Waals surface area contributed by atoms with Gasteiger partial charge in [0, 0.05) is 5.02 Å². The molecule has 4 nitrogen and oxygen atoms in total. The van der Waals surface area contributed by atoms with E-state index in [1.165, 1.54) is 6.07 Å². The number of carbonyl (C=O) groups excluding carboxylic acids is 2. The molecule has 0 saturated heterocycles. The van der Waals surface area contributed by atoms with E-state index in [0.29, 0.717) is 0 Å². The molecule has 0 heterocycles. The van der Waals surface area contributed by atoms with Gasteiger partial charge in [-0.3, -0.25) is 4.79 Å². The second kappa shape index (κ2) is 7.74. The van der Waals surface area contributed by atoms with Crippen LogP contribution in [0.5, 0.6) is 0 Å². The highest BCUT2D eigenvalue weighted by atomic mass is 35.5. The van der Waals surface area contributed by atoms with Crippen molar-refractivity contribution in [2.24, 2.45) is 0 Å². The molecule has 1 amide bonds. The smallest absolute Gasteiger partial charge is 0.341 e. The van der Waals surface area contributed by atoms with Crippen LogP contribution in [0.4, 0.5) is 4.39 Å². The van der Waals surface area contributed by atoms with Crippen molar-refractivity contribution in [2.45, 2.75) is 13.0 Å². The number of amides is 1. The number of rotatable bonds is 5. The number of hydrogen-bond donors (Lipinski definition) is 1. The molecule has 2 aromatic rings. The maximum Gasteiger partial charge on any atom is 0.341 e. The summed E-state index contributed by atoms with van der Waals surface area (Å²) in [6, 6.07) is 12.7. The van der Waals surface area contributed by atoms with Crippen LogP contribution in [0.1, 0.15) is 28.9 Å². The molecule has 1 atom stereocenters. The Labute approximate surface area is 138 Å². The van der Waals surface area contributed by atoms with Gasteiger partial charge in [0.2, 0.25) is 0 Å². The molecule has 120 valence electrons. The zero-order chi connectivity index (χ0) is 16.8. The first kappa shape index (κ1) is 17.0. The Morgan fingerprint density at radius 2 is 1.91 bits per heavy atom. The van der Waals surface area contributed by atoms with Crippen LogP contribution in [0.3, 0.4) is 0 Å². The highest BCUT2D eigenvalue weighted by molar-refractivity contribution is 6.30. The molecule has 0 aliphatic rings. The van der Waals surface area contributed by atoms with Crippen molar-refractivity contribution in [3.8, 4) is 0 Å². The van der Waals surface area contributed by atoms with Gasteiger partial charge in [0.1, 0.15) is 5.82 Å². The minimum Gasteiger partial charge on any atom is -0.452 e. The van der Waals surface area contributed by atoms with Gasteiger partial charge in [-0.15, -0.1) is 0 Å². The van der Waals surface area contributed by atoms with Crippen molar-refractivity contribution in [3.63, 3.8) is 0 Å². The predicted molar refractivity (Wildman–Crippen MR) is 84.7 cm³/mol. The largest absolute Gasteiger partial charge is 0.452 e. The molecule has 6 heteroatoms. The molecule has 0 aliphatic heterocycles. The minimum atomic E-state index is -0.937. The third-order valence-electron chi connectivity index (χ3n) is 3.16. The van der Waals surface area contributed by atoms with E-state index < -0.39 is 24.3 Å². The number of benzene rings is 2. The molecule has 0 radical (unpaired) electrons. The normalized spacial score (nSPS) is 11.6. The fourth-order valence-corrected chi connectivity index (χ4v) is 2.14. The number of hydrogen-bond acceptors (Lipinski definition) is 3. The summed E-state index contributed by atoms with van der Waals surface area (Å²) in [5.41, 5.74) is 0.620. The van der Waals surface area contributed by atoms with E-state index in [-0.39, 0.29) is 16.6 Å². The van der Waals surface area contributed by atoms with Gasteiger partial charge < -0.3 is 10.1 Å². The van der Waals surface area contributed by atoms with E-state index in [1.807, 2.05) is 37.3 Å². The summed E-state index contributed by atoms with van der Waals surface area (Å²) in [7, 11) is 0. The SMILES string of the molecule is C[C@H](NC(=O)COC(=O)c1cc(Cl)ccc1F)c1ccccc1. The number of ether oxygens (including phenoxy) is 1. The van der Waals surface area contributed by atoms with Gasteiger partial charge in [-0.1, -0.05) is 41.9 Å². The van der Waals surface area contributed by atoms with Crippen molar-refractivity contribution < 1.29 is 18.7 Å². The summed E-state index contributed by atoms with van der Waals surface area (Å²) < 4.78 is 18.3. The standard InChI is InChI=1S/C17H15ClFNO3/c1-11(12-5-3-2-4-6-12)20-16(21)10-23-17(22)14-9-13(18)7-8-15(14)19/h2-9,11H,10H2,1H3,(H,20,21)/t11-/m0/s1. The molecule has 0 aromatic heterocycles. The zero-order valence-corrected chi connectivity index (χ0v) is 13.1. The lowest BCUT2D eigenvalue weighted by molar-refractivity contribution is -0.124. The molecule has 0 bridgehead atoms. The molecule has 0 aliphatic carbocycles. The van der Waals surface area contributed by atoms with Gasteiger partial charge in [-0.25, -0.2) is 9.18 Å². The number of halogens is 2. The van der Waals surface area contributed by atoms with Crippen molar-refractivity contribution in [1.29, 1.82) is 0 Å². The van der Waals surface area contributed by atoms with E-state index in [1.54, 1.807) is 0 Å². The number of carbonyl (C=O) groups is 2.